The molecule has 0 rings (SSSR count). The van der Waals surface area contributed by atoms with Crippen molar-refractivity contribution in [1.29, 1.82) is 0 Å². The summed E-state index contributed by atoms with van der Waals surface area (Å²) in [4.78, 5) is 0. The average molecular weight is 131 g/mol. The zero-order valence-corrected chi connectivity index (χ0v) is 6.13. The maximum Gasteiger partial charge on any atom is 0.0235 e. The normalized spacial score (nSPS) is 11.9. The summed E-state index contributed by atoms with van der Waals surface area (Å²) in [6.07, 6.45) is 1.00. The molecule has 46 valence electrons. The summed E-state index contributed by atoms with van der Waals surface area (Å²) in [6.45, 7) is 3.93. The number of hydrogen-bond acceptors (Lipinski definition) is 0. The van der Waals surface area contributed by atoms with E-state index in [9.17, 15) is 0 Å². The van der Waals surface area contributed by atoms with E-state index in [1.165, 1.54) is 0 Å². The standard InChI is InChI=1S/C7H11Cl/c1-3-4-7(2)5-6-8/h7H,5-6H2,1-2H3. The molecule has 0 nitrogen and oxygen atoms in total. The van der Waals surface area contributed by atoms with Gasteiger partial charge in [0.1, 0.15) is 0 Å². The molecule has 0 N–H and O–H groups in total. The van der Waals surface area contributed by atoms with Crippen molar-refractivity contribution in [2.75, 3.05) is 5.88 Å². The van der Waals surface area contributed by atoms with Crippen molar-refractivity contribution in [3.63, 3.8) is 0 Å². The van der Waals surface area contributed by atoms with Crippen LogP contribution in [0.3, 0.4) is 0 Å². The Bertz CT molecular complexity index is 96.7. The zero-order chi connectivity index (χ0) is 6.41. The Kier molecular flexibility index (Phi) is 4.90. The van der Waals surface area contributed by atoms with E-state index in [1.54, 1.807) is 0 Å². The first kappa shape index (κ1) is 7.85. The van der Waals surface area contributed by atoms with Crippen LogP contribution >= 0.6 is 11.6 Å². The third kappa shape index (κ3) is 4.02. The van der Waals surface area contributed by atoms with Crippen molar-refractivity contribution in [1.82, 2.24) is 0 Å². The second kappa shape index (κ2) is 5.00. The Hall–Kier alpha value is -0.150. The van der Waals surface area contributed by atoms with E-state index >= 15 is 0 Å². The molecule has 0 aliphatic heterocycles. The molecular weight excluding hydrogens is 120 g/mol. The molecule has 0 bridgehead atoms. The number of halogens is 1. The van der Waals surface area contributed by atoms with Crippen LogP contribution in [0.5, 0.6) is 0 Å². The van der Waals surface area contributed by atoms with E-state index < -0.39 is 0 Å². The Morgan fingerprint density at radius 3 is 2.62 bits per heavy atom. The Morgan fingerprint density at radius 1 is 1.62 bits per heavy atom. The molecule has 0 saturated heterocycles. The highest BCUT2D eigenvalue weighted by Crippen LogP contribution is 1.99. The second-order valence-electron chi connectivity index (χ2n) is 1.77. The van der Waals surface area contributed by atoms with Gasteiger partial charge >= 0.3 is 0 Å². The summed E-state index contributed by atoms with van der Waals surface area (Å²) in [7, 11) is 0. The van der Waals surface area contributed by atoms with Crippen LogP contribution in [0.4, 0.5) is 0 Å². The van der Waals surface area contributed by atoms with Crippen molar-refractivity contribution in [2.24, 2.45) is 5.92 Å². The summed E-state index contributed by atoms with van der Waals surface area (Å²) in [5.74, 6) is 7.04. The van der Waals surface area contributed by atoms with E-state index in [-0.39, 0.29) is 0 Å². The van der Waals surface area contributed by atoms with E-state index in [0.717, 1.165) is 12.3 Å². The van der Waals surface area contributed by atoms with Crippen LogP contribution in [-0.2, 0) is 0 Å². The van der Waals surface area contributed by atoms with Crippen molar-refractivity contribution in [3.05, 3.63) is 0 Å². The van der Waals surface area contributed by atoms with Crippen LogP contribution in [0.25, 0.3) is 0 Å². The fraction of sp³-hybridized carbons (Fsp3) is 0.714. The third-order valence-corrected chi connectivity index (χ3v) is 1.15. The highest BCUT2D eigenvalue weighted by molar-refractivity contribution is 6.17. The topological polar surface area (TPSA) is 0 Å². The summed E-state index contributed by atoms with van der Waals surface area (Å²) in [5, 5.41) is 0. The fourth-order valence-electron chi connectivity index (χ4n) is 0.482. The van der Waals surface area contributed by atoms with E-state index in [1.807, 2.05) is 6.92 Å². The molecule has 1 atom stereocenters. The summed E-state index contributed by atoms with van der Waals surface area (Å²) >= 11 is 5.46. The lowest BCUT2D eigenvalue weighted by Crippen LogP contribution is -1.89. The minimum atomic E-state index is 0.470. The van der Waals surface area contributed by atoms with Gasteiger partial charge in [-0.15, -0.1) is 23.4 Å². The molecular formula is C7H11Cl. The minimum Gasteiger partial charge on any atom is -0.127 e. The third-order valence-electron chi connectivity index (χ3n) is 0.933. The van der Waals surface area contributed by atoms with Gasteiger partial charge in [-0.1, -0.05) is 6.92 Å². The fourth-order valence-corrected chi connectivity index (χ4v) is 0.810. The smallest absolute Gasteiger partial charge is 0.0235 e. The number of rotatable bonds is 2. The molecule has 0 aliphatic carbocycles. The maximum absolute atomic E-state index is 5.46. The lowest BCUT2D eigenvalue weighted by Gasteiger charge is -1.95. The van der Waals surface area contributed by atoms with E-state index in [2.05, 4.69) is 18.8 Å². The molecule has 0 spiro atoms. The average Bonchev–Trinajstić information content (AvgIpc) is 1.68. The van der Waals surface area contributed by atoms with Crippen LogP contribution in [0.2, 0.25) is 0 Å². The molecule has 0 fully saturated rings. The number of hydrogen-bond donors (Lipinski definition) is 0. The predicted molar refractivity (Wildman–Crippen MR) is 38.0 cm³/mol. The molecule has 0 saturated carbocycles. The van der Waals surface area contributed by atoms with Gasteiger partial charge in [-0.25, -0.2) is 0 Å². The molecule has 0 radical (unpaired) electrons. The summed E-state index contributed by atoms with van der Waals surface area (Å²) in [5.41, 5.74) is 0. The van der Waals surface area contributed by atoms with Crippen LogP contribution in [0, 0.1) is 17.8 Å². The molecule has 0 aromatic heterocycles. The first-order valence-electron chi connectivity index (χ1n) is 2.79. The Labute approximate surface area is 56.2 Å². The molecule has 8 heavy (non-hydrogen) atoms. The Balaban J connectivity index is 3.27. The van der Waals surface area contributed by atoms with Crippen molar-refractivity contribution >= 4 is 11.6 Å². The van der Waals surface area contributed by atoms with Gasteiger partial charge < -0.3 is 0 Å². The minimum absolute atomic E-state index is 0.470. The molecule has 0 aromatic rings. The largest absolute Gasteiger partial charge is 0.127 e. The van der Waals surface area contributed by atoms with E-state index in [4.69, 9.17) is 11.6 Å². The monoisotopic (exact) mass is 130 g/mol. The summed E-state index contributed by atoms with van der Waals surface area (Å²) in [6, 6.07) is 0. The van der Waals surface area contributed by atoms with Gasteiger partial charge in [-0.05, 0) is 13.3 Å². The van der Waals surface area contributed by atoms with Gasteiger partial charge in [0.15, 0.2) is 0 Å². The van der Waals surface area contributed by atoms with Gasteiger partial charge in [-0.2, -0.15) is 0 Å². The van der Waals surface area contributed by atoms with Crippen molar-refractivity contribution in [2.45, 2.75) is 20.3 Å². The quantitative estimate of drug-likeness (QED) is 0.398. The zero-order valence-electron chi connectivity index (χ0n) is 5.37. The molecule has 1 heteroatoms. The lowest BCUT2D eigenvalue weighted by molar-refractivity contribution is 0.728. The molecule has 0 amide bonds. The SMILES string of the molecule is CC#CC(C)CCCl. The van der Waals surface area contributed by atoms with Gasteiger partial charge in [0, 0.05) is 11.8 Å². The first-order valence-corrected chi connectivity index (χ1v) is 3.33. The highest BCUT2D eigenvalue weighted by atomic mass is 35.5. The van der Waals surface area contributed by atoms with Crippen LogP contribution in [0.15, 0.2) is 0 Å². The molecule has 0 heterocycles. The van der Waals surface area contributed by atoms with Crippen LogP contribution in [0.1, 0.15) is 20.3 Å². The molecule has 1 unspecified atom stereocenters. The highest BCUT2D eigenvalue weighted by Gasteiger charge is 1.91. The second-order valence-corrected chi connectivity index (χ2v) is 2.15. The van der Waals surface area contributed by atoms with Gasteiger partial charge in [0.25, 0.3) is 0 Å². The van der Waals surface area contributed by atoms with Gasteiger partial charge in [0.05, 0.1) is 0 Å². The van der Waals surface area contributed by atoms with Crippen LogP contribution in [-0.4, -0.2) is 5.88 Å². The maximum atomic E-state index is 5.46. The van der Waals surface area contributed by atoms with Crippen molar-refractivity contribution in [3.8, 4) is 11.8 Å². The first-order chi connectivity index (χ1) is 3.81. The molecule has 0 aliphatic rings. The predicted octanol–water partition coefficient (Wildman–Crippen LogP) is 2.27. The van der Waals surface area contributed by atoms with E-state index in [0.29, 0.717) is 5.92 Å². The van der Waals surface area contributed by atoms with Crippen molar-refractivity contribution < 1.29 is 0 Å². The number of alkyl halides is 1. The van der Waals surface area contributed by atoms with Gasteiger partial charge in [0.2, 0.25) is 0 Å². The lowest BCUT2D eigenvalue weighted by atomic mass is 10.1. The molecule has 0 aromatic carbocycles. The van der Waals surface area contributed by atoms with Crippen LogP contribution < -0.4 is 0 Å². The summed E-state index contributed by atoms with van der Waals surface area (Å²) < 4.78 is 0. The Morgan fingerprint density at radius 2 is 2.25 bits per heavy atom. The van der Waals surface area contributed by atoms with Gasteiger partial charge in [-0.3, -0.25) is 0 Å².